The smallest absolute Gasteiger partial charge is 0.142 e. The van der Waals surface area contributed by atoms with Crippen LogP contribution < -0.4 is 0 Å². The van der Waals surface area contributed by atoms with E-state index in [0.29, 0.717) is 22.4 Å². The van der Waals surface area contributed by atoms with Crippen molar-refractivity contribution in [1.82, 2.24) is 9.97 Å². The third kappa shape index (κ3) is 1.72. The van der Waals surface area contributed by atoms with Gasteiger partial charge < -0.3 is 10.1 Å². The van der Waals surface area contributed by atoms with Crippen LogP contribution in [0.3, 0.4) is 0 Å². The molecule has 3 nitrogen and oxygen atoms in total. The summed E-state index contributed by atoms with van der Waals surface area (Å²) >= 11 is 0. The van der Waals surface area contributed by atoms with Gasteiger partial charge in [0.15, 0.2) is 0 Å². The quantitative estimate of drug-likeness (QED) is 0.687. The Morgan fingerprint density at radius 3 is 2.83 bits per heavy atom. The minimum atomic E-state index is -0.314. The highest BCUT2D eigenvalue weighted by Crippen LogP contribution is 2.29. The van der Waals surface area contributed by atoms with Gasteiger partial charge in [-0.15, -0.1) is 0 Å². The Morgan fingerprint density at radius 1 is 1.17 bits per heavy atom. The van der Waals surface area contributed by atoms with Crippen LogP contribution in [0.5, 0.6) is 5.75 Å². The Balaban J connectivity index is 2.22. The van der Waals surface area contributed by atoms with Gasteiger partial charge in [0.2, 0.25) is 0 Å². The zero-order chi connectivity index (χ0) is 12.7. The first kappa shape index (κ1) is 10.8. The summed E-state index contributed by atoms with van der Waals surface area (Å²) in [6.45, 7) is 1.94. The molecule has 18 heavy (non-hydrogen) atoms. The maximum Gasteiger partial charge on any atom is 0.142 e. The zero-order valence-corrected chi connectivity index (χ0v) is 9.74. The molecule has 90 valence electrons. The molecule has 0 aliphatic carbocycles. The molecule has 2 aromatic carbocycles. The minimum absolute atomic E-state index is 0.153. The van der Waals surface area contributed by atoms with Crippen molar-refractivity contribution in [3.63, 3.8) is 0 Å². The number of aryl methyl sites for hydroxylation is 1. The van der Waals surface area contributed by atoms with Gasteiger partial charge in [-0.2, -0.15) is 0 Å². The van der Waals surface area contributed by atoms with Gasteiger partial charge in [0.1, 0.15) is 17.4 Å². The largest absolute Gasteiger partial charge is 0.507 e. The lowest BCUT2D eigenvalue weighted by atomic mass is 10.1. The average molecular weight is 242 g/mol. The molecule has 4 heteroatoms. The van der Waals surface area contributed by atoms with E-state index in [9.17, 15) is 9.50 Å². The number of aromatic amines is 1. The summed E-state index contributed by atoms with van der Waals surface area (Å²) in [6.07, 6.45) is 0. The van der Waals surface area contributed by atoms with E-state index in [0.717, 1.165) is 5.56 Å². The highest BCUT2D eigenvalue weighted by molar-refractivity contribution is 5.80. The van der Waals surface area contributed by atoms with Crippen molar-refractivity contribution in [2.45, 2.75) is 6.92 Å². The third-order valence-electron chi connectivity index (χ3n) is 2.85. The summed E-state index contributed by atoms with van der Waals surface area (Å²) in [5.74, 6) is 0.378. The monoisotopic (exact) mass is 242 g/mol. The molecule has 0 saturated carbocycles. The number of halogens is 1. The number of benzene rings is 2. The number of nitrogens with one attached hydrogen (secondary N) is 1. The normalized spacial score (nSPS) is 11.0. The predicted octanol–water partition coefficient (Wildman–Crippen LogP) is 3.38. The Hall–Kier alpha value is -2.36. The molecule has 0 amide bonds. The first-order chi connectivity index (χ1) is 8.63. The van der Waals surface area contributed by atoms with E-state index in [2.05, 4.69) is 9.97 Å². The summed E-state index contributed by atoms with van der Waals surface area (Å²) in [5, 5.41) is 9.83. The van der Waals surface area contributed by atoms with E-state index >= 15 is 0 Å². The van der Waals surface area contributed by atoms with Crippen LogP contribution in [0.4, 0.5) is 4.39 Å². The number of hydrogen-bond acceptors (Lipinski definition) is 2. The highest BCUT2D eigenvalue weighted by atomic mass is 19.1. The number of phenolic OH excluding ortho intramolecular Hbond substituents is 1. The second-order valence-corrected chi connectivity index (χ2v) is 4.27. The standard InChI is InChI=1S/C14H11FN2O/c1-8-2-5-13(18)10(6-8)14-16-11-4-3-9(15)7-12(11)17-14/h2-7,18H,1H3,(H,16,17). The molecule has 0 saturated heterocycles. The molecule has 3 aromatic rings. The molecule has 3 rings (SSSR count). The number of imidazole rings is 1. The second kappa shape index (κ2) is 3.84. The molecule has 0 unspecified atom stereocenters. The third-order valence-corrected chi connectivity index (χ3v) is 2.85. The van der Waals surface area contributed by atoms with Crippen LogP contribution >= 0.6 is 0 Å². The molecule has 0 fully saturated rings. The SMILES string of the molecule is Cc1ccc(O)c(-c2nc3ccc(F)cc3[nH]2)c1. The summed E-state index contributed by atoms with van der Waals surface area (Å²) in [5.41, 5.74) is 2.93. The predicted molar refractivity (Wildman–Crippen MR) is 67.9 cm³/mol. The van der Waals surface area contributed by atoms with Gasteiger partial charge in [0, 0.05) is 0 Å². The van der Waals surface area contributed by atoms with Crippen molar-refractivity contribution in [1.29, 1.82) is 0 Å². The van der Waals surface area contributed by atoms with E-state index in [-0.39, 0.29) is 11.6 Å². The molecule has 1 heterocycles. The average Bonchev–Trinajstić information content (AvgIpc) is 2.74. The van der Waals surface area contributed by atoms with Crippen molar-refractivity contribution in [3.8, 4) is 17.1 Å². The van der Waals surface area contributed by atoms with E-state index in [1.165, 1.54) is 12.1 Å². The molecule has 0 atom stereocenters. The number of H-pyrrole nitrogens is 1. The molecular formula is C14H11FN2O. The number of phenols is 1. The minimum Gasteiger partial charge on any atom is -0.507 e. The van der Waals surface area contributed by atoms with Crippen LogP contribution in [0.15, 0.2) is 36.4 Å². The van der Waals surface area contributed by atoms with Crippen LogP contribution in [-0.4, -0.2) is 15.1 Å². The number of hydrogen-bond donors (Lipinski definition) is 2. The van der Waals surface area contributed by atoms with Gasteiger partial charge in [-0.1, -0.05) is 11.6 Å². The van der Waals surface area contributed by atoms with E-state index in [4.69, 9.17) is 0 Å². The van der Waals surface area contributed by atoms with E-state index < -0.39 is 0 Å². The number of aromatic hydroxyl groups is 1. The fraction of sp³-hybridized carbons (Fsp3) is 0.0714. The molecule has 0 spiro atoms. The molecule has 0 aliphatic heterocycles. The van der Waals surface area contributed by atoms with Gasteiger partial charge in [-0.25, -0.2) is 9.37 Å². The first-order valence-electron chi connectivity index (χ1n) is 5.59. The maximum atomic E-state index is 13.1. The lowest BCUT2D eigenvalue weighted by Gasteiger charge is -2.01. The fourth-order valence-electron chi connectivity index (χ4n) is 1.95. The van der Waals surface area contributed by atoms with Crippen LogP contribution in [-0.2, 0) is 0 Å². The molecule has 0 radical (unpaired) electrons. The lowest BCUT2D eigenvalue weighted by Crippen LogP contribution is -1.83. The van der Waals surface area contributed by atoms with Crippen molar-refractivity contribution >= 4 is 11.0 Å². The maximum absolute atomic E-state index is 13.1. The topological polar surface area (TPSA) is 48.9 Å². The first-order valence-corrected chi connectivity index (χ1v) is 5.59. The van der Waals surface area contributed by atoms with Gasteiger partial charge in [-0.3, -0.25) is 0 Å². The van der Waals surface area contributed by atoms with Gasteiger partial charge in [0.25, 0.3) is 0 Å². The molecule has 0 aliphatic rings. The molecule has 0 bridgehead atoms. The van der Waals surface area contributed by atoms with Crippen molar-refractivity contribution in [2.24, 2.45) is 0 Å². The van der Waals surface area contributed by atoms with E-state index in [1.54, 1.807) is 12.1 Å². The van der Waals surface area contributed by atoms with Crippen molar-refractivity contribution < 1.29 is 9.50 Å². The Labute approximate surface area is 103 Å². The fourth-order valence-corrected chi connectivity index (χ4v) is 1.95. The van der Waals surface area contributed by atoms with Crippen LogP contribution in [0.2, 0.25) is 0 Å². The summed E-state index contributed by atoms with van der Waals surface area (Å²) in [4.78, 5) is 7.35. The van der Waals surface area contributed by atoms with Crippen molar-refractivity contribution in [2.75, 3.05) is 0 Å². The zero-order valence-electron chi connectivity index (χ0n) is 9.74. The van der Waals surface area contributed by atoms with Gasteiger partial charge in [0.05, 0.1) is 16.6 Å². The lowest BCUT2D eigenvalue weighted by molar-refractivity contribution is 0.477. The van der Waals surface area contributed by atoms with Gasteiger partial charge >= 0.3 is 0 Å². The number of nitrogens with zero attached hydrogens (tertiary/aromatic N) is 1. The Kier molecular flexibility index (Phi) is 2.30. The van der Waals surface area contributed by atoms with Crippen molar-refractivity contribution in [3.05, 3.63) is 47.8 Å². The number of fused-ring (bicyclic) bond motifs is 1. The summed E-state index contributed by atoms with van der Waals surface area (Å²) in [6, 6.07) is 9.64. The second-order valence-electron chi connectivity index (χ2n) is 4.27. The highest BCUT2D eigenvalue weighted by Gasteiger charge is 2.10. The summed E-state index contributed by atoms with van der Waals surface area (Å²) in [7, 11) is 0. The van der Waals surface area contributed by atoms with Crippen LogP contribution in [0, 0.1) is 12.7 Å². The van der Waals surface area contributed by atoms with E-state index in [1.807, 2.05) is 19.1 Å². The molecule has 1 aromatic heterocycles. The molecular weight excluding hydrogens is 231 g/mol. The summed E-state index contributed by atoms with van der Waals surface area (Å²) < 4.78 is 13.1. The number of aromatic nitrogens is 2. The Morgan fingerprint density at radius 2 is 2.00 bits per heavy atom. The van der Waals surface area contributed by atoms with Crippen LogP contribution in [0.25, 0.3) is 22.4 Å². The van der Waals surface area contributed by atoms with Gasteiger partial charge in [-0.05, 0) is 37.3 Å². The van der Waals surface area contributed by atoms with Crippen LogP contribution in [0.1, 0.15) is 5.56 Å². The molecule has 2 N–H and O–H groups in total. The Bertz CT molecular complexity index is 734. The number of rotatable bonds is 1.